The van der Waals surface area contributed by atoms with Crippen LogP contribution in [-0.4, -0.2) is 37.8 Å². The normalized spacial score (nSPS) is 20.1. The zero-order chi connectivity index (χ0) is 20.6. The molecule has 1 saturated heterocycles. The van der Waals surface area contributed by atoms with Gasteiger partial charge >= 0.3 is 0 Å². The number of amides is 2. The first-order valence-electron chi connectivity index (χ1n) is 9.56. The first-order chi connectivity index (χ1) is 13.8. The molecule has 1 aromatic heterocycles. The zero-order valence-electron chi connectivity index (χ0n) is 15.7. The number of hydrogen-bond donors (Lipinski definition) is 2. The molecule has 9 heteroatoms. The number of fused-ring (bicyclic) bond motifs is 1. The van der Waals surface area contributed by atoms with Crippen molar-refractivity contribution in [2.75, 3.05) is 16.8 Å². The van der Waals surface area contributed by atoms with Crippen molar-refractivity contribution in [3.63, 3.8) is 0 Å². The predicted molar refractivity (Wildman–Crippen MR) is 118 cm³/mol. The molecule has 2 aliphatic rings. The van der Waals surface area contributed by atoms with E-state index in [1.807, 2.05) is 6.07 Å². The van der Waals surface area contributed by atoms with Gasteiger partial charge in [0.2, 0.25) is 0 Å². The molecule has 1 aromatic carbocycles. The van der Waals surface area contributed by atoms with Gasteiger partial charge in [0.05, 0.1) is 22.6 Å². The fourth-order valence-electron chi connectivity index (χ4n) is 3.88. The van der Waals surface area contributed by atoms with Crippen LogP contribution in [0, 0.1) is 0 Å². The van der Waals surface area contributed by atoms with Gasteiger partial charge in [-0.05, 0) is 65.7 Å². The molecule has 6 nitrogen and oxygen atoms in total. The lowest BCUT2D eigenvalue weighted by Gasteiger charge is -2.15. The molecule has 1 aliphatic carbocycles. The van der Waals surface area contributed by atoms with E-state index in [9.17, 15) is 18.0 Å². The Morgan fingerprint density at radius 3 is 2.59 bits per heavy atom. The Bertz CT molecular complexity index is 1080. The van der Waals surface area contributed by atoms with E-state index in [0.717, 1.165) is 36.1 Å². The predicted octanol–water partition coefficient (Wildman–Crippen LogP) is 3.56. The van der Waals surface area contributed by atoms with Crippen LogP contribution in [0.3, 0.4) is 0 Å². The number of sulfone groups is 1. The van der Waals surface area contributed by atoms with Crippen LogP contribution in [0.5, 0.6) is 0 Å². The van der Waals surface area contributed by atoms with E-state index in [2.05, 4.69) is 26.6 Å². The maximum Gasteiger partial charge on any atom is 0.257 e. The summed E-state index contributed by atoms with van der Waals surface area (Å²) in [5.41, 5.74) is 1.98. The van der Waals surface area contributed by atoms with Crippen LogP contribution in [0.1, 0.15) is 50.4 Å². The minimum Gasteiger partial charge on any atom is -0.348 e. The molecule has 1 atom stereocenters. The highest BCUT2D eigenvalue weighted by Gasteiger charge is 2.32. The summed E-state index contributed by atoms with van der Waals surface area (Å²) in [5, 5.41) is 6.34. The highest BCUT2D eigenvalue weighted by atomic mass is 79.9. The van der Waals surface area contributed by atoms with E-state index < -0.39 is 9.84 Å². The number of benzene rings is 1. The standard InChI is InChI=1S/C20H21BrN2O4S2/c21-15-7-3-1-5-13(15)18(24)23-20-17(14-6-2-4-8-16(14)28-20)19(25)22-12-9-10-29(26,27)11-12/h1,3,5,7,12H,2,4,6,8-11H2,(H,22,25)(H,23,24)/t12-/m1/s1. The lowest BCUT2D eigenvalue weighted by molar-refractivity contribution is 0.0941. The highest BCUT2D eigenvalue weighted by Crippen LogP contribution is 2.38. The van der Waals surface area contributed by atoms with Crippen LogP contribution in [-0.2, 0) is 22.7 Å². The van der Waals surface area contributed by atoms with Crippen LogP contribution in [0.15, 0.2) is 28.7 Å². The Labute approximate surface area is 182 Å². The summed E-state index contributed by atoms with van der Waals surface area (Å²) in [7, 11) is -3.08. The lowest BCUT2D eigenvalue weighted by atomic mass is 9.95. The van der Waals surface area contributed by atoms with Gasteiger partial charge in [-0.2, -0.15) is 0 Å². The average molecular weight is 497 g/mol. The summed E-state index contributed by atoms with van der Waals surface area (Å²) >= 11 is 4.84. The first-order valence-corrected chi connectivity index (χ1v) is 13.0. The van der Waals surface area contributed by atoms with Crippen LogP contribution in [0.4, 0.5) is 5.00 Å². The van der Waals surface area contributed by atoms with E-state index >= 15 is 0 Å². The molecule has 2 N–H and O–H groups in total. The summed E-state index contributed by atoms with van der Waals surface area (Å²) in [6.45, 7) is 0. The third-order valence-corrected chi connectivity index (χ3v) is 8.98. The van der Waals surface area contributed by atoms with Gasteiger partial charge in [0.1, 0.15) is 5.00 Å². The second-order valence-electron chi connectivity index (χ2n) is 7.42. The Balaban J connectivity index is 1.62. The van der Waals surface area contributed by atoms with Gasteiger partial charge in [0, 0.05) is 15.4 Å². The molecule has 0 bridgehead atoms. The van der Waals surface area contributed by atoms with Gasteiger partial charge in [-0.25, -0.2) is 8.42 Å². The molecular formula is C20H21BrN2O4S2. The molecule has 4 rings (SSSR count). The number of rotatable bonds is 4. The van der Waals surface area contributed by atoms with Gasteiger partial charge in [0.15, 0.2) is 9.84 Å². The minimum atomic E-state index is -3.08. The average Bonchev–Trinajstić information content (AvgIpc) is 3.20. The Morgan fingerprint density at radius 2 is 1.86 bits per heavy atom. The number of halogens is 1. The van der Waals surface area contributed by atoms with Crippen molar-refractivity contribution in [2.24, 2.45) is 0 Å². The van der Waals surface area contributed by atoms with Gasteiger partial charge in [-0.1, -0.05) is 12.1 Å². The maximum absolute atomic E-state index is 13.1. The molecule has 29 heavy (non-hydrogen) atoms. The van der Waals surface area contributed by atoms with Gasteiger partial charge in [-0.3, -0.25) is 9.59 Å². The van der Waals surface area contributed by atoms with E-state index in [1.54, 1.807) is 18.2 Å². The van der Waals surface area contributed by atoms with Crippen molar-refractivity contribution in [2.45, 2.75) is 38.1 Å². The van der Waals surface area contributed by atoms with Gasteiger partial charge in [0.25, 0.3) is 11.8 Å². The number of aryl methyl sites for hydroxylation is 1. The first kappa shape index (κ1) is 20.6. The van der Waals surface area contributed by atoms with Crippen LogP contribution < -0.4 is 10.6 Å². The molecule has 1 aliphatic heterocycles. The number of anilines is 1. The fraction of sp³-hybridized carbons (Fsp3) is 0.400. The van der Waals surface area contributed by atoms with Gasteiger partial charge in [-0.15, -0.1) is 11.3 Å². The number of thiophene rings is 1. The highest BCUT2D eigenvalue weighted by molar-refractivity contribution is 9.10. The van der Waals surface area contributed by atoms with Crippen molar-refractivity contribution < 1.29 is 18.0 Å². The molecule has 1 fully saturated rings. The zero-order valence-corrected chi connectivity index (χ0v) is 18.9. The van der Waals surface area contributed by atoms with E-state index in [1.165, 1.54) is 11.3 Å². The Hall–Kier alpha value is -1.71. The van der Waals surface area contributed by atoms with Crippen LogP contribution >= 0.6 is 27.3 Å². The number of carbonyl (C=O) groups excluding carboxylic acids is 2. The SMILES string of the molecule is O=C(Nc1sc2c(c1C(=O)N[C@@H]1CCS(=O)(=O)C1)CCCC2)c1ccccc1Br. The van der Waals surface area contributed by atoms with Gasteiger partial charge < -0.3 is 10.6 Å². The van der Waals surface area contributed by atoms with Crippen LogP contribution in [0.2, 0.25) is 0 Å². The topological polar surface area (TPSA) is 92.3 Å². The quantitative estimate of drug-likeness (QED) is 0.676. The molecule has 154 valence electrons. The minimum absolute atomic E-state index is 0.0241. The smallest absolute Gasteiger partial charge is 0.257 e. The van der Waals surface area contributed by atoms with Crippen molar-refractivity contribution in [3.05, 3.63) is 50.3 Å². The van der Waals surface area contributed by atoms with E-state index in [0.29, 0.717) is 27.0 Å². The molecular weight excluding hydrogens is 476 g/mol. The molecule has 0 spiro atoms. The Kier molecular flexibility index (Phi) is 5.81. The van der Waals surface area contributed by atoms with Crippen molar-refractivity contribution in [1.29, 1.82) is 0 Å². The second kappa shape index (κ2) is 8.20. The molecule has 2 heterocycles. The number of hydrogen-bond acceptors (Lipinski definition) is 5. The molecule has 2 amide bonds. The molecule has 2 aromatic rings. The molecule has 0 radical (unpaired) electrons. The molecule has 0 unspecified atom stereocenters. The summed E-state index contributed by atoms with van der Waals surface area (Å²) < 4.78 is 24.1. The van der Waals surface area contributed by atoms with E-state index in [-0.39, 0.29) is 29.4 Å². The lowest BCUT2D eigenvalue weighted by Crippen LogP contribution is -2.36. The Morgan fingerprint density at radius 1 is 1.10 bits per heavy atom. The van der Waals surface area contributed by atoms with Crippen molar-refractivity contribution in [3.8, 4) is 0 Å². The second-order valence-corrected chi connectivity index (χ2v) is 11.6. The van der Waals surface area contributed by atoms with Crippen molar-refractivity contribution in [1.82, 2.24) is 5.32 Å². The summed E-state index contributed by atoms with van der Waals surface area (Å²) in [6, 6.07) is 6.75. The number of carbonyl (C=O) groups is 2. The molecule has 0 saturated carbocycles. The van der Waals surface area contributed by atoms with E-state index in [4.69, 9.17) is 0 Å². The summed E-state index contributed by atoms with van der Waals surface area (Å²) in [6.07, 6.45) is 4.18. The maximum atomic E-state index is 13.1. The summed E-state index contributed by atoms with van der Waals surface area (Å²) in [4.78, 5) is 27.0. The van der Waals surface area contributed by atoms with Crippen molar-refractivity contribution >= 4 is 53.9 Å². The summed E-state index contributed by atoms with van der Waals surface area (Å²) in [5.74, 6) is -0.503. The fourth-order valence-corrected chi connectivity index (χ4v) is 7.30. The third kappa shape index (κ3) is 4.41. The largest absolute Gasteiger partial charge is 0.348 e. The monoisotopic (exact) mass is 496 g/mol. The third-order valence-electron chi connectivity index (χ3n) is 5.31. The number of nitrogens with one attached hydrogen (secondary N) is 2. The van der Waals surface area contributed by atoms with Crippen LogP contribution in [0.25, 0.3) is 0 Å².